The molecule has 4 rings (SSSR count). The first-order valence-electron chi connectivity index (χ1n) is 11.4. The van der Waals surface area contributed by atoms with Gasteiger partial charge in [-0.25, -0.2) is 0 Å². The van der Waals surface area contributed by atoms with Crippen LogP contribution < -0.4 is 10.1 Å². The number of aromatic nitrogens is 2. The Hall–Kier alpha value is -3.65. The minimum Gasteiger partial charge on any atom is -0.496 e. The van der Waals surface area contributed by atoms with Crippen LogP contribution >= 0.6 is 0 Å². The van der Waals surface area contributed by atoms with Crippen molar-refractivity contribution in [3.63, 3.8) is 0 Å². The molecule has 34 heavy (non-hydrogen) atoms. The topological polar surface area (TPSA) is 108 Å². The smallest absolute Gasteiger partial charge is 0.254 e. The first-order valence-corrected chi connectivity index (χ1v) is 11.4. The van der Waals surface area contributed by atoms with Crippen LogP contribution in [-0.4, -0.2) is 57.8 Å². The largest absolute Gasteiger partial charge is 0.496 e. The molecule has 3 N–H and O–H groups in total. The number of carbonyl (C=O) groups excluding carboxylic acids is 2. The van der Waals surface area contributed by atoms with Gasteiger partial charge in [0.1, 0.15) is 5.75 Å². The number of nitrogens with one attached hydrogen (secondary N) is 2. The fourth-order valence-corrected chi connectivity index (χ4v) is 4.27. The molecule has 1 aliphatic heterocycles. The fraction of sp³-hybridized carbons (Fsp3) is 0.346. The molecule has 1 fully saturated rings. The number of benzene rings is 2. The molecule has 2 heterocycles. The van der Waals surface area contributed by atoms with Gasteiger partial charge in [-0.15, -0.1) is 0 Å². The number of H-pyrrole nitrogens is 1. The number of methoxy groups -OCH3 is 1. The second kappa shape index (κ2) is 9.69. The van der Waals surface area contributed by atoms with Crippen molar-refractivity contribution in [2.45, 2.75) is 38.3 Å². The normalized spacial score (nSPS) is 15.9. The Morgan fingerprint density at radius 3 is 2.76 bits per heavy atom. The summed E-state index contributed by atoms with van der Waals surface area (Å²) in [6.45, 7) is 4.08. The lowest BCUT2D eigenvalue weighted by atomic mass is 10.00. The van der Waals surface area contributed by atoms with E-state index >= 15 is 0 Å². The summed E-state index contributed by atoms with van der Waals surface area (Å²) < 4.78 is 5.55. The van der Waals surface area contributed by atoms with Crippen LogP contribution in [0, 0.1) is 0 Å². The van der Waals surface area contributed by atoms with Gasteiger partial charge in [0.15, 0.2) is 0 Å². The highest BCUT2D eigenvalue weighted by Gasteiger charge is 2.31. The average Bonchev–Trinajstić information content (AvgIpc) is 3.54. The Morgan fingerprint density at radius 2 is 2.06 bits per heavy atom. The van der Waals surface area contributed by atoms with Gasteiger partial charge in [0.05, 0.1) is 24.9 Å². The molecule has 1 saturated heterocycles. The van der Waals surface area contributed by atoms with Gasteiger partial charge in [-0.05, 0) is 62.6 Å². The Morgan fingerprint density at radius 1 is 1.24 bits per heavy atom. The monoisotopic (exact) mass is 462 g/mol. The molecule has 0 spiro atoms. The van der Waals surface area contributed by atoms with Crippen molar-refractivity contribution >= 4 is 11.8 Å². The van der Waals surface area contributed by atoms with E-state index in [4.69, 9.17) is 4.74 Å². The summed E-state index contributed by atoms with van der Waals surface area (Å²) in [4.78, 5) is 27.9. The molecular weight excluding hydrogens is 432 g/mol. The number of likely N-dealkylation sites (tertiary alicyclic amines) is 1. The van der Waals surface area contributed by atoms with E-state index in [0.29, 0.717) is 23.4 Å². The molecule has 3 aromatic rings. The van der Waals surface area contributed by atoms with Crippen molar-refractivity contribution in [1.82, 2.24) is 20.4 Å². The van der Waals surface area contributed by atoms with Crippen LogP contribution in [0.4, 0.5) is 0 Å². The van der Waals surface area contributed by atoms with Crippen molar-refractivity contribution in [3.05, 3.63) is 71.5 Å². The van der Waals surface area contributed by atoms with Crippen LogP contribution in [0.5, 0.6) is 5.75 Å². The van der Waals surface area contributed by atoms with E-state index in [1.54, 1.807) is 45.5 Å². The van der Waals surface area contributed by atoms with E-state index < -0.39 is 5.60 Å². The van der Waals surface area contributed by atoms with Crippen LogP contribution in [0.25, 0.3) is 11.1 Å². The zero-order valence-electron chi connectivity index (χ0n) is 19.7. The summed E-state index contributed by atoms with van der Waals surface area (Å²) in [5.41, 5.74) is 2.73. The van der Waals surface area contributed by atoms with Gasteiger partial charge in [-0.1, -0.05) is 12.1 Å². The Balaban J connectivity index is 1.55. The van der Waals surface area contributed by atoms with Gasteiger partial charge in [0.2, 0.25) is 0 Å². The summed E-state index contributed by atoms with van der Waals surface area (Å²) in [5.74, 6) is 0.282. The third-order valence-electron chi connectivity index (χ3n) is 5.99. The van der Waals surface area contributed by atoms with Crippen molar-refractivity contribution in [2.75, 3.05) is 20.2 Å². The quantitative estimate of drug-likeness (QED) is 0.498. The molecule has 1 aromatic heterocycles. The molecular formula is C26H30N4O4. The zero-order chi connectivity index (χ0) is 24.3. The van der Waals surface area contributed by atoms with Gasteiger partial charge >= 0.3 is 0 Å². The number of carbonyl (C=O) groups is 2. The molecule has 0 saturated carbocycles. The van der Waals surface area contributed by atoms with E-state index in [2.05, 4.69) is 15.5 Å². The predicted octanol–water partition coefficient (Wildman–Crippen LogP) is 3.56. The predicted molar refractivity (Wildman–Crippen MR) is 129 cm³/mol. The lowest BCUT2D eigenvalue weighted by molar-refractivity contribution is 0.0694. The number of hydrogen-bond acceptors (Lipinski definition) is 5. The number of ether oxygens (including phenoxy) is 1. The van der Waals surface area contributed by atoms with Crippen molar-refractivity contribution < 1.29 is 19.4 Å². The fourth-order valence-electron chi connectivity index (χ4n) is 4.27. The second-order valence-corrected chi connectivity index (χ2v) is 9.18. The molecule has 8 heteroatoms. The van der Waals surface area contributed by atoms with E-state index in [1.165, 1.54) is 0 Å². The maximum absolute atomic E-state index is 13.5. The number of rotatable bonds is 7. The van der Waals surface area contributed by atoms with Crippen molar-refractivity contribution in [1.29, 1.82) is 0 Å². The third-order valence-corrected chi connectivity index (χ3v) is 5.99. The summed E-state index contributed by atoms with van der Waals surface area (Å²) in [6.07, 6.45) is 5.20. The minimum absolute atomic E-state index is 0.0728. The van der Waals surface area contributed by atoms with Crippen LogP contribution in [0.1, 0.15) is 59.0 Å². The molecule has 1 atom stereocenters. The first-order chi connectivity index (χ1) is 16.3. The van der Waals surface area contributed by atoms with Crippen LogP contribution in [-0.2, 0) is 0 Å². The van der Waals surface area contributed by atoms with Gasteiger partial charge < -0.3 is 20.1 Å². The lowest BCUT2D eigenvalue weighted by Crippen LogP contribution is -2.38. The number of aliphatic hydroxyl groups is 1. The van der Waals surface area contributed by atoms with Crippen molar-refractivity contribution in [3.8, 4) is 16.9 Å². The molecule has 178 valence electrons. The van der Waals surface area contributed by atoms with E-state index in [1.807, 2.05) is 35.2 Å². The molecule has 2 aromatic carbocycles. The highest BCUT2D eigenvalue weighted by molar-refractivity contribution is 5.96. The SMILES string of the molecule is COc1cc(C(=O)N2CCCC2c2cccc(C(=O)NCC(C)(C)O)c2)ccc1-c1cn[nH]c1. The minimum atomic E-state index is -0.990. The van der Waals surface area contributed by atoms with Crippen LogP contribution in [0.3, 0.4) is 0 Å². The molecule has 0 bridgehead atoms. The lowest BCUT2D eigenvalue weighted by Gasteiger charge is -2.26. The molecule has 0 radical (unpaired) electrons. The highest BCUT2D eigenvalue weighted by Crippen LogP contribution is 2.35. The molecule has 1 unspecified atom stereocenters. The van der Waals surface area contributed by atoms with Gasteiger partial charge in [-0.2, -0.15) is 5.10 Å². The maximum Gasteiger partial charge on any atom is 0.254 e. The Labute approximate surface area is 198 Å². The number of amides is 2. The summed E-state index contributed by atoms with van der Waals surface area (Å²) in [7, 11) is 1.58. The second-order valence-electron chi connectivity index (χ2n) is 9.18. The summed E-state index contributed by atoms with van der Waals surface area (Å²) in [5, 5.41) is 19.4. The molecule has 2 amide bonds. The van der Waals surface area contributed by atoms with Crippen LogP contribution in [0.2, 0.25) is 0 Å². The summed E-state index contributed by atoms with van der Waals surface area (Å²) in [6, 6.07) is 12.7. The van der Waals surface area contributed by atoms with Gasteiger partial charge in [0, 0.05) is 41.5 Å². The van der Waals surface area contributed by atoms with Gasteiger partial charge in [-0.3, -0.25) is 14.7 Å². The highest BCUT2D eigenvalue weighted by atomic mass is 16.5. The third kappa shape index (κ3) is 5.12. The standard InChI is InChI=1S/C26H30N4O4/c1-26(2,33)16-27-24(31)18-7-4-6-17(12-18)22-8-5-11-30(22)25(32)19-9-10-21(23(13-19)34-3)20-14-28-29-15-20/h4,6-7,9-10,12-15,22,33H,5,8,11,16H2,1-3H3,(H,27,31)(H,28,29). The van der Waals surface area contributed by atoms with E-state index in [-0.39, 0.29) is 24.4 Å². The zero-order valence-corrected chi connectivity index (χ0v) is 19.7. The molecule has 0 aliphatic carbocycles. The molecule has 8 nitrogen and oxygen atoms in total. The van der Waals surface area contributed by atoms with Crippen molar-refractivity contribution in [2.24, 2.45) is 0 Å². The number of aromatic amines is 1. The Bertz CT molecular complexity index is 1170. The van der Waals surface area contributed by atoms with Gasteiger partial charge in [0.25, 0.3) is 11.8 Å². The summed E-state index contributed by atoms with van der Waals surface area (Å²) >= 11 is 0. The first kappa shape index (κ1) is 23.5. The van der Waals surface area contributed by atoms with E-state index in [9.17, 15) is 14.7 Å². The number of nitrogens with zero attached hydrogens (tertiary/aromatic N) is 2. The Kier molecular flexibility index (Phi) is 6.70. The van der Waals surface area contributed by atoms with E-state index in [0.717, 1.165) is 29.5 Å². The maximum atomic E-state index is 13.5. The molecule has 1 aliphatic rings. The average molecular weight is 463 g/mol. The number of hydrogen-bond donors (Lipinski definition) is 3. The van der Waals surface area contributed by atoms with Crippen LogP contribution in [0.15, 0.2) is 54.9 Å².